The van der Waals surface area contributed by atoms with Crippen LogP contribution >= 0.6 is 23.4 Å². The Labute approximate surface area is 137 Å². The second-order valence-electron chi connectivity index (χ2n) is 4.56. The zero-order chi connectivity index (χ0) is 15.9. The van der Waals surface area contributed by atoms with Gasteiger partial charge in [0, 0.05) is 18.2 Å². The number of hydrogen-bond acceptors (Lipinski definition) is 6. The number of hydrogen-bond donors (Lipinski definition) is 1. The molecule has 0 radical (unpaired) electrons. The maximum atomic E-state index is 11.8. The normalized spacial score (nSPS) is 12.1. The molecule has 0 saturated heterocycles. The molecule has 1 aromatic heterocycles. The van der Waals surface area contributed by atoms with Gasteiger partial charge in [-0.3, -0.25) is 4.79 Å². The maximum Gasteiger partial charge on any atom is 0.230 e. The summed E-state index contributed by atoms with van der Waals surface area (Å²) in [6.45, 7) is 2.35. The molecule has 1 amide bonds. The van der Waals surface area contributed by atoms with E-state index in [1.165, 1.54) is 11.8 Å². The zero-order valence-electron chi connectivity index (χ0n) is 12.2. The highest BCUT2D eigenvalue weighted by Crippen LogP contribution is 2.19. The minimum atomic E-state index is -0.0970. The molecule has 0 saturated carbocycles. The predicted molar refractivity (Wildman–Crippen MR) is 84.4 cm³/mol. The highest BCUT2D eigenvalue weighted by molar-refractivity contribution is 7.99. The fourth-order valence-corrected chi connectivity index (χ4v) is 2.58. The number of amides is 1. The third-order valence-corrected chi connectivity index (χ3v) is 3.84. The molecule has 0 spiro atoms. The van der Waals surface area contributed by atoms with Crippen LogP contribution < -0.4 is 5.32 Å². The summed E-state index contributed by atoms with van der Waals surface area (Å²) in [6.07, 6.45) is 0. The Bertz CT molecular complexity index is 619. The first-order chi connectivity index (χ1) is 10.6. The molecular formula is C13H16ClN5O2S. The summed E-state index contributed by atoms with van der Waals surface area (Å²) in [4.78, 5) is 11.8. The average Bonchev–Trinajstić information content (AvgIpc) is 2.94. The van der Waals surface area contributed by atoms with Crippen LogP contribution in [0, 0.1) is 0 Å². The predicted octanol–water partition coefficient (Wildman–Crippen LogP) is 1.56. The molecule has 0 aliphatic heterocycles. The number of rotatable bonds is 7. The minimum Gasteiger partial charge on any atom is -0.383 e. The Morgan fingerprint density at radius 2 is 2.18 bits per heavy atom. The van der Waals surface area contributed by atoms with Gasteiger partial charge in [-0.25, -0.2) is 0 Å². The summed E-state index contributed by atoms with van der Waals surface area (Å²) in [6, 6.07) is 7.09. The van der Waals surface area contributed by atoms with Crippen LogP contribution in [-0.4, -0.2) is 51.6 Å². The third kappa shape index (κ3) is 4.69. The Morgan fingerprint density at radius 3 is 2.86 bits per heavy atom. The van der Waals surface area contributed by atoms with Crippen LogP contribution in [0.2, 0.25) is 5.02 Å². The van der Waals surface area contributed by atoms with E-state index in [0.29, 0.717) is 16.8 Å². The molecule has 0 aliphatic carbocycles. The first-order valence-electron chi connectivity index (χ1n) is 6.55. The van der Waals surface area contributed by atoms with Gasteiger partial charge in [0.15, 0.2) is 0 Å². The topological polar surface area (TPSA) is 81.9 Å². The molecule has 118 valence electrons. The number of nitrogens with zero attached hydrogens (tertiary/aromatic N) is 4. The highest BCUT2D eigenvalue weighted by atomic mass is 35.5. The molecule has 1 atom stereocenters. The van der Waals surface area contributed by atoms with Gasteiger partial charge in [0.25, 0.3) is 0 Å². The van der Waals surface area contributed by atoms with E-state index in [-0.39, 0.29) is 17.7 Å². The van der Waals surface area contributed by atoms with Crippen molar-refractivity contribution in [2.45, 2.75) is 18.1 Å². The first-order valence-corrected chi connectivity index (χ1v) is 7.92. The van der Waals surface area contributed by atoms with Gasteiger partial charge in [0.05, 0.1) is 18.0 Å². The monoisotopic (exact) mass is 341 g/mol. The van der Waals surface area contributed by atoms with E-state index in [9.17, 15) is 4.79 Å². The number of aromatic nitrogens is 4. The smallest absolute Gasteiger partial charge is 0.230 e. The number of ether oxygens (including phenoxy) is 1. The van der Waals surface area contributed by atoms with Crippen LogP contribution in [-0.2, 0) is 9.53 Å². The van der Waals surface area contributed by atoms with Gasteiger partial charge in [-0.05, 0) is 41.6 Å². The standard InChI is InChI=1S/C13H16ClN5O2S/c1-9(7-21-2)15-12(20)8-22-13-16-17-18-19(13)11-5-3-10(14)4-6-11/h3-6,9H,7-8H2,1-2H3,(H,15,20)/t9-/m1/s1. The zero-order valence-corrected chi connectivity index (χ0v) is 13.8. The van der Waals surface area contributed by atoms with Crippen LogP contribution in [0.4, 0.5) is 0 Å². The quantitative estimate of drug-likeness (QED) is 0.770. The lowest BCUT2D eigenvalue weighted by Crippen LogP contribution is -2.36. The van der Waals surface area contributed by atoms with Crippen molar-refractivity contribution >= 4 is 29.3 Å². The van der Waals surface area contributed by atoms with Crippen molar-refractivity contribution < 1.29 is 9.53 Å². The number of carbonyl (C=O) groups excluding carboxylic acids is 1. The van der Waals surface area contributed by atoms with Crippen molar-refractivity contribution in [1.29, 1.82) is 0 Å². The van der Waals surface area contributed by atoms with Gasteiger partial charge < -0.3 is 10.1 Å². The lowest BCUT2D eigenvalue weighted by molar-refractivity contribution is -0.119. The van der Waals surface area contributed by atoms with Crippen molar-refractivity contribution in [2.75, 3.05) is 19.5 Å². The van der Waals surface area contributed by atoms with Crippen LogP contribution in [0.25, 0.3) is 5.69 Å². The number of tetrazole rings is 1. The van der Waals surface area contributed by atoms with Crippen LogP contribution in [0.5, 0.6) is 0 Å². The number of thioether (sulfide) groups is 1. The van der Waals surface area contributed by atoms with Gasteiger partial charge in [-0.2, -0.15) is 4.68 Å². The summed E-state index contributed by atoms with van der Waals surface area (Å²) in [7, 11) is 1.59. The fourth-order valence-electron chi connectivity index (χ4n) is 1.75. The number of carbonyl (C=O) groups is 1. The van der Waals surface area contributed by atoms with Crippen molar-refractivity contribution in [3.63, 3.8) is 0 Å². The van der Waals surface area contributed by atoms with E-state index in [1.54, 1.807) is 23.9 Å². The first kappa shape index (κ1) is 16.7. The van der Waals surface area contributed by atoms with Gasteiger partial charge in [0.1, 0.15) is 0 Å². The Hall–Kier alpha value is -1.64. The lowest BCUT2D eigenvalue weighted by Gasteiger charge is -2.12. The summed E-state index contributed by atoms with van der Waals surface area (Å²) < 4.78 is 6.54. The molecule has 1 aromatic carbocycles. The second kappa shape index (κ2) is 8.11. The number of halogens is 1. The summed E-state index contributed by atoms with van der Waals surface area (Å²) in [5.74, 6) is 0.127. The molecule has 2 aromatic rings. The van der Waals surface area contributed by atoms with Crippen molar-refractivity contribution in [2.24, 2.45) is 0 Å². The number of benzene rings is 1. The SMILES string of the molecule is COC[C@@H](C)NC(=O)CSc1nnnn1-c1ccc(Cl)cc1. The van der Waals surface area contributed by atoms with Crippen molar-refractivity contribution in [1.82, 2.24) is 25.5 Å². The van der Waals surface area contributed by atoms with Gasteiger partial charge in [0.2, 0.25) is 11.1 Å². The van der Waals surface area contributed by atoms with Crippen molar-refractivity contribution in [3.05, 3.63) is 29.3 Å². The molecule has 1 heterocycles. The second-order valence-corrected chi connectivity index (χ2v) is 5.94. The van der Waals surface area contributed by atoms with Crippen LogP contribution in [0.3, 0.4) is 0 Å². The molecule has 7 nitrogen and oxygen atoms in total. The third-order valence-electron chi connectivity index (χ3n) is 2.67. The van der Waals surface area contributed by atoms with Crippen LogP contribution in [0.15, 0.2) is 29.4 Å². The molecule has 22 heavy (non-hydrogen) atoms. The van der Waals surface area contributed by atoms with E-state index in [1.807, 2.05) is 19.1 Å². The minimum absolute atomic E-state index is 0.0367. The van der Waals surface area contributed by atoms with Gasteiger partial charge in [-0.1, -0.05) is 23.4 Å². The molecule has 0 fully saturated rings. The largest absolute Gasteiger partial charge is 0.383 e. The molecule has 0 unspecified atom stereocenters. The van der Waals surface area contributed by atoms with E-state index in [4.69, 9.17) is 16.3 Å². The highest BCUT2D eigenvalue weighted by Gasteiger charge is 2.13. The van der Waals surface area contributed by atoms with Crippen molar-refractivity contribution in [3.8, 4) is 5.69 Å². The lowest BCUT2D eigenvalue weighted by atomic mass is 10.3. The van der Waals surface area contributed by atoms with Crippen LogP contribution in [0.1, 0.15) is 6.92 Å². The Balaban J connectivity index is 1.96. The molecule has 1 N–H and O–H groups in total. The number of nitrogens with one attached hydrogen (secondary N) is 1. The molecular weight excluding hydrogens is 326 g/mol. The summed E-state index contributed by atoms with van der Waals surface area (Å²) in [5.41, 5.74) is 0.782. The molecule has 2 rings (SSSR count). The molecule has 9 heteroatoms. The van der Waals surface area contributed by atoms with E-state index in [2.05, 4.69) is 20.8 Å². The van der Waals surface area contributed by atoms with E-state index >= 15 is 0 Å². The summed E-state index contributed by atoms with van der Waals surface area (Å²) in [5, 5.41) is 15.5. The number of methoxy groups -OCH3 is 1. The Morgan fingerprint density at radius 1 is 1.45 bits per heavy atom. The average molecular weight is 342 g/mol. The summed E-state index contributed by atoms with van der Waals surface area (Å²) >= 11 is 7.12. The maximum absolute atomic E-state index is 11.8. The molecule has 0 aliphatic rings. The molecule has 0 bridgehead atoms. The van der Waals surface area contributed by atoms with Gasteiger partial charge in [-0.15, -0.1) is 5.10 Å². The van der Waals surface area contributed by atoms with E-state index < -0.39 is 0 Å². The van der Waals surface area contributed by atoms with Gasteiger partial charge >= 0.3 is 0 Å². The van der Waals surface area contributed by atoms with E-state index in [0.717, 1.165) is 5.69 Å². The fraction of sp³-hybridized carbons (Fsp3) is 0.385. The Kier molecular flexibility index (Phi) is 6.17.